The SMILES string of the molecule is c1ccc(-n2c3ccccc3c3cc(N(c4cccc5c4-c4ccccc4C5(c4ccccc4)c4ccccc4)c4cccc5c4oc4c6ccccc6ccc54)ccc32)cc1. The van der Waals surface area contributed by atoms with Crippen molar-refractivity contribution in [2.45, 2.75) is 5.41 Å². The third kappa shape index (κ3) is 4.82. The van der Waals surface area contributed by atoms with Gasteiger partial charge in [-0.05, 0) is 87.8 Å². The molecule has 62 heavy (non-hydrogen) atoms. The Hall–Kier alpha value is -8.14. The van der Waals surface area contributed by atoms with Crippen LogP contribution >= 0.6 is 0 Å². The van der Waals surface area contributed by atoms with Crippen molar-refractivity contribution in [1.82, 2.24) is 4.57 Å². The van der Waals surface area contributed by atoms with Crippen LogP contribution in [0.5, 0.6) is 0 Å². The van der Waals surface area contributed by atoms with Crippen molar-refractivity contribution in [2.75, 3.05) is 4.90 Å². The molecule has 0 unspecified atom stereocenters. The van der Waals surface area contributed by atoms with Gasteiger partial charge in [0, 0.05) is 43.9 Å². The normalized spacial score (nSPS) is 13.0. The van der Waals surface area contributed by atoms with Crippen molar-refractivity contribution in [3.05, 3.63) is 253 Å². The fraction of sp³-hybridized carbons (Fsp3) is 0.0169. The van der Waals surface area contributed by atoms with Crippen molar-refractivity contribution in [3.63, 3.8) is 0 Å². The summed E-state index contributed by atoms with van der Waals surface area (Å²) in [6.07, 6.45) is 0. The number of anilines is 3. The van der Waals surface area contributed by atoms with Crippen LogP contribution in [0.1, 0.15) is 22.3 Å². The van der Waals surface area contributed by atoms with E-state index in [4.69, 9.17) is 4.42 Å². The number of benzene rings is 10. The van der Waals surface area contributed by atoms with E-state index in [1.165, 1.54) is 49.7 Å². The molecule has 13 rings (SSSR count). The number of para-hydroxylation sites is 3. The zero-order valence-electron chi connectivity index (χ0n) is 33.7. The number of nitrogens with zero attached hydrogens (tertiary/aromatic N) is 2. The minimum atomic E-state index is -0.548. The molecule has 12 aromatic rings. The average molecular weight is 791 g/mol. The van der Waals surface area contributed by atoms with Gasteiger partial charge in [-0.2, -0.15) is 0 Å². The summed E-state index contributed by atoms with van der Waals surface area (Å²) in [6.45, 7) is 0. The fourth-order valence-electron chi connectivity index (χ4n) is 10.7. The predicted octanol–water partition coefficient (Wildman–Crippen LogP) is 15.7. The Morgan fingerprint density at radius 3 is 1.79 bits per heavy atom. The van der Waals surface area contributed by atoms with Crippen LogP contribution in [0.4, 0.5) is 17.1 Å². The monoisotopic (exact) mass is 790 g/mol. The van der Waals surface area contributed by atoms with Gasteiger partial charge in [0.15, 0.2) is 5.58 Å². The van der Waals surface area contributed by atoms with Crippen LogP contribution in [-0.2, 0) is 5.41 Å². The van der Waals surface area contributed by atoms with E-state index >= 15 is 0 Å². The van der Waals surface area contributed by atoms with E-state index < -0.39 is 5.41 Å². The molecule has 0 saturated heterocycles. The first-order chi connectivity index (χ1) is 30.8. The molecule has 0 atom stereocenters. The summed E-state index contributed by atoms with van der Waals surface area (Å²) in [7, 11) is 0. The second-order valence-corrected chi connectivity index (χ2v) is 16.4. The lowest BCUT2D eigenvalue weighted by atomic mass is 9.68. The number of hydrogen-bond acceptors (Lipinski definition) is 2. The van der Waals surface area contributed by atoms with Gasteiger partial charge in [-0.25, -0.2) is 0 Å². The molecular formula is C59H38N2O. The van der Waals surface area contributed by atoms with Crippen molar-refractivity contribution >= 4 is 71.6 Å². The molecule has 2 heterocycles. The number of hydrogen-bond donors (Lipinski definition) is 0. The Labute approximate surface area is 359 Å². The molecule has 3 nitrogen and oxygen atoms in total. The van der Waals surface area contributed by atoms with Crippen LogP contribution < -0.4 is 4.90 Å². The highest BCUT2D eigenvalue weighted by Crippen LogP contribution is 2.60. The molecule has 0 bridgehead atoms. The van der Waals surface area contributed by atoms with Crippen LogP contribution in [0, 0.1) is 0 Å². The van der Waals surface area contributed by atoms with Crippen LogP contribution in [0.15, 0.2) is 235 Å². The van der Waals surface area contributed by atoms with Crippen molar-refractivity contribution in [3.8, 4) is 16.8 Å². The van der Waals surface area contributed by atoms with E-state index in [2.05, 4.69) is 240 Å². The Morgan fingerprint density at radius 2 is 0.984 bits per heavy atom. The van der Waals surface area contributed by atoms with E-state index in [0.29, 0.717) is 0 Å². The molecule has 0 radical (unpaired) electrons. The first-order valence-corrected chi connectivity index (χ1v) is 21.4. The summed E-state index contributed by atoms with van der Waals surface area (Å²) in [5, 5.41) is 6.86. The maximum Gasteiger partial charge on any atom is 0.159 e. The van der Waals surface area contributed by atoms with Crippen LogP contribution in [0.2, 0.25) is 0 Å². The lowest BCUT2D eigenvalue weighted by Crippen LogP contribution is -2.28. The molecule has 0 N–H and O–H groups in total. The smallest absolute Gasteiger partial charge is 0.159 e. The molecule has 0 spiro atoms. The van der Waals surface area contributed by atoms with Gasteiger partial charge in [0.1, 0.15) is 5.58 Å². The molecule has 0 amide bonds. The topological polar surface area (TPSA) is 21.3 Å². The first-order valence-electron chi connectivity index (χ1n) is 21.4. The highest BCUT2D eigenvalue weighted by atomic mass is 16.3. The second-order valence-electron chi connectivity index (χ2n) is 16.4. The van der Waals surface area contributed by atoms with Crippen molar-refractivity contribution < 1.29 is 4.42 Å². The third-order valence-corrected chi connectivity index (χ3v) is 13.2. The predicted molar refractivity (Wildman–Crippen MR) is 258 cm³/mol. The van der Waals surface area contributed by atoms with E-state index in [-0.39, 0.29) is 0 Å². The minimum Gasteiger partial charge on any atom is -0.453 e. The molecule has 10 aromatic carbocycles. The van der Waals surface area contributed by atoms with E-state index in [1.807, 2.05) is 0 Å². The van der Waals surface area contributed by atoms with Crippen LogP contribution in [0.25, 0.3) is 71.3 Å². The van der Waals surface area contributed by atoms with Gasteiger partial charge in [0.2, 0.25) is 0 Å². The van der Waals surface area contributed by atoms with Gasteiger partial charge in [-0.3, -0.25) is 0 Å². The Kier molecular flexibility index (Phi) is 7.52. The van der Waals surface area contributed by atoms with Crippen LogP contribution in [-0.4, -0.2) is 4.57 Å². The van der Waals surface area contributed by atoms with Crippen molar-refractivity contribution in [1.29, 1.82) is 0 Å². The number of fused-ring (bicyclic) bond motifs is 11. The summed E-state index contributed by atoms with van der Waals surface area (Å²) in [4.78, 5) is 2.46. The van der Waals surface area contributed by atoms with Gasteiger partial charge in [0.05, 0.1) is 27.8 Å². The summed E-state index contributed by atoms with van der Waals surface area (Å²) >= 11 is 0. The number of furan rings is 1. The summed E-state index contributed by atoms with van der Waals surface area (Å²) in [5.41, 5.74) is 15.2. The molecule has 0 fully saturated rings. The number of rotatable bonds is 6. The average Bonchev–Trinajstić information content (AvgIpc) is 4.00. The standard InChI is InChI=1S/C59H38N2O/c1-4-19-40(20-5-1)59(41-21-6-2-7-22-41)50-29-14-12-27-48(50)56-51(59)30-17-32-54(56)61(55-33-16-28-46-47-36-34-39-18-10-11-25-44(39)57(47)62-58(46)55)43-35-37-53-49(38-43)45-26-13-15-31-52(45)60(53)42-23-8-3-9-24-42/h1-38H. The van der Waals surface area contributed by atoms with Gasteiger partial charge < -0.3 is 13.9 Å². The first kappa shape index (κ1) is 34.7. The van der Waals surface area contributed by atoms with Gasteiger partial charge >= 0.3 is 0 Å². The van der Waals surface area contributed by atoms with Gasteiger partial charge in [-0.1, -0.05) is 176 Å². The Balaban J connectivity index is 1.15. The molecule has 3 heteroatoms. The minimum absolute atomic E-state index is 0.548. The summed E-state index contributed by atoms with van der Waals surface area (Å²) in [6, 6.07) is 84.0. The molecule has 1 aliphatic carbocycles. The second kappa shape index (κ2) is 13.4. The maximum atomic E-state index is 7.16. The Bertz CT molecular complexity index is 3660. The molecule has 2 aromatic heterocycles. The third-order valence-electron chi connectivity index (χ3n) is 13.2. The lowest BCUT2D eigenvalue weighted by Gasteiger charge is -2.34. The maximum absolute atomic E-state index is 7.16. The molecule has 1 aliphatic rings. The summed E-state index contributed by atoms with van der Waals surface area (Å²) in [5.74, 6) is 0. The van der Waals surface area contributed by atoms with Gasteiger partial charge in [0.25, 0.3) is 0 Å². The molecular weight excluding hydrogens is 753 g/mol. The van der Waals surface area contributed by atoms with Crippen molar-refractivity contribution in [2.24, 2.45) is 0 Å². The van der Waals surface area contributed by atoms with E-state index in [9.17, 15) is 0 Å². The van der Waals surface area contributed by atoms with E-state index in [0.717, 1.165) is 61.0 Å². The quantitative estimate of drug-likeness (QED) is 0.167. The molecule has 0 saturated carbocycles. The van der Waals surface area contributed by atoms with Gasteiger partial charge in [-0.15, -0.1) is 0 Å². The zero-order chi connectivity index (χ0) is 40.8. The zero-order valence-corrected chi connectivity index (χ0v) is 33.7. The molecule has 0 aliphatic heterocycles. The fourth-order valence-corrected chi connectivity index (χ4v) is 10.7. The molecule has 290 valence electrons. The lowest BCUT2D eigenvalue weighted by molar-refractivity contribution is 0.673. The van der Waals surface area contributed by atoms with E-state index in [1.54, 1.807) is 0 Å². The van der Waals surface area contributed by atoms with Crippen LogP contribution in [0.3, 0.4) is 0 Å². The highest BCUT2D eigenvalue weighted by Gasteiger charge is 2.47. The number of aromatic nitrogens is 1. The Morgan fingerprint density at radius 1 is 0.387 bits per heavy atom. The largest absolute Gasteiger partial charge is 0.453 e. The summed E-state index contributed by atoms with van der Waals surface area (Å²) < 4.78 is 9.55. The highest BCUT2D eigenvalue weighted by molar-refractivity contribution is 6.18.